The van der Waals surface area contributed by atoms with E-state index in [1.165, 1.54) is 16.3 Å². The number of hydrogen-bond donors (Lipinski definition) is 1. The van der Waals surface area contributed by atoms with Crippen LogP contribution in [0.1, 0.15) is 0 Å². The molecule has 10 heteroatoms. The Morgan fingerprint density at radius 3 is 2.59 bits per heavy atom. The highest BCUT2D eigenvalue weighted by Crippen LogP contribution is 2.24. The largest absolute Gasteiger partial charge is 0.323 e. The summed E-state index contributed by atoms with van der Waals surface area (Å²) in [5.41, 5.74) is 1.60. The van der Waals surface area contributed by atoms with Gasteiger partial charge in [0, 0.05) is 6.20 Å². The molecule has 0 unspecified atom stereocenters. The van der Waals surface area contributed by atoms with E-state index < -0.39 is 0 Å². The van der Waals surface area contributed by atoms with Crippen LogP contribution < -0.4 is 10.9 Å². The summed E-state index contributed by atoms with van der Waals surface area (Å²) >= 11 is 7.22. The molecule has 0 radical (unpaired) electrons. The van der Waals surface area contributed by atoms with Crippen LogP contribution in [-0.4, -0.2) is 35.8 Å². The fourth-order valence-electron chi connectivity index (χ4n) is 3.38. The third-order valence-electron chi connectivity index (χ3n) is 4.77. The van der Waals surface area contributed by atoms with Crippen molar-refractivity contribution in [2.45, 2.75) is 5.16 Å². The number of amides is 1. The van der Waals surface area contributed by atoms with Crippen LogP contribution in [0.2, 0.25) is 5.15 Å². The first-order valence-corrected chi connectivity index (χ1v) is 11.0. The van der Waals surface area contributed by atoms with Gasteiger partial charge < -0.3 is 5.32 Å². The number of nitrogens with zero attached hydrogens (tertiary/aromatic N) is 5. The maximum Gasteiger partial charge on any atom is 0.267 e. The van der Waals surface area contributed by atoms with Gasteiger partial charge in [-0.15, -0.1) is 10.2 Å². The molecule has 0 aliphatic carbocycles. The van der Waals surface area contributed by atoms with E-state index in [9.17, 15) is 9.59 Å². The monoisotopic (exact) mass is 462 g/mol. The van der Waals surface area contributed by atoms with E-state index in [0.29, 0.717) is 33.2 Å². The number of thioether (sulfide) groups is 1. The molecule has 1 amide bonds. The number of carbonyl (C=O) groups is 1. The molecule has 5 aromatic rings. The topological polar surface area (TPSA) is 94.2 Å². The van der Waals surface area contributed by atoms with Gasteiger partial charge in [-0.1, -0.05) is 53.7 Å². The summed E-state index contributed by atoms with van der Waals surface area (Å²) in [6.07, 6.45) is 1.55. The van der Waals surface area contributed by atoms with Gasteiger partial charge in [0.1, 0.15) is 0 Å². The van der Waals surface area contributed by atoms with Gasteiger partial charge in [0.2, 0.25) is 11.7 Å². The minimum atomic E-state index is -0.262. The molecule has 32 heavy (non-hydrogen) atoms. The van der Waals surface area contributed by atoms with Crippen molar-refractivity contribution in [1.82, 2.24) is 24.1 Å². The van der Waals surface area contributed by atoms with Crippen LogP contribution in [0, 0.1) is 0 Å². The van der Waals surface area contributed by atoms with Gasteiger partial charge in [0.15, 0.2) is 10.3 Å². The molecule has 3 heterocycles. The summed E-state index contributed by atoms with van der Waals surface area (Å²) in [6, 6.07) is 19.9. The summed E-state index contributed by atoms with van der Waals surface area (Å²) in [4.78, 5) is 29.7. The molecule has 0 spiro atoms. The average molecular weight is 463 g/mol. The molecule has 0 aliphatic rings. The van der Waals surface area contributed by atoms with Crippen molar-refractivity contribution in [3.8, 4) is 5.69 Å². The van der Waals surface area contributed by atoms with E-state index in [0.717, 1.165) is 0 Å². The summed E-state index contributed by atoms with van der Waals surface area (Å²) in [6.45, 7) is 0. The Balaban J connectivity index is 1.55. The van der Waals surface area contributed by atoms with Crippen molar-refractivity contribution in [1.29, 1.82) is 0 Å². The zero-order valence-corrected chi connectivity index (χ0v) is 18.0. The zero-order chi connectivity index (χ0) is 22.1. The van der Waals surface area contributed by atoms with E-state index in [4.69, 9.17) is 11.6 Å². The second kappa shape index (κ2) is 8.45. The summed E-state index contributed by atoms with van der Waals surface area (Å²) in [5.74, 6) is 0.186. The molecule has 2 aromatic carbocycles. The molecule has 0 bridgehead atoms. The lowest BCUT2D eigenvalue weighted by molar-refractivity contribution is -0.113. The van der Waals surface area contributed by atoms with Crippen molar-refractivity contribution in [3.63, 3.8) is 0 Å². The Bertz CT molecular complexity index is 1520. The SMILES string of the molecule is O=C(CSc1nnc2n(-c3ccccc3)c(=O)c3ccccc3n12)Nc1cccnc1Cl. The van der Waals surface area contributed by atoms with Gasteiger partial charge in [-0.2, -0.15) is 0 Å². The number of halogens is 1. The van der Waals surface area contributed by atoms with E-state index >= 15 is 0 Å². The van der Waals surface area contributed by atoms with E-state index in [-0.39, 0.29) is 22.4 Å². The molecular weight excluding hydrogens is 448 g/mol. The van der Waals surface area contributed by atoms with Crippen molar-refractivity contribution < 1.29 is 4.79 Å². The number of rotatable bonds is 5. The second-order valence-electron chi connectivity index (χ2n) is 6.79. The Hall–Kier alpha value is -3.69. The van der Waals surface area contributed by atoms with Crippen molar-refractivity contribution >= 4 is 51.6 Å². The molecule has 0 atom stereocenters. The average Bonchev–Trinajstić information content (AvgIpc) is 3.24. The quantitative estimate of drug-likeness (QED) is 0.315. The number of para-hydroxylation sites is 2. The van der Waals surface area contributed by atoms with Gasteiger partial charge in [-0.3, -0.25) is 14.0 Å². The van der Waals surface area contributed by atoms with Crippen molar-refractivity contribution in [2.24, 2.45) is 0 Å². The summed E-state index contributed by atoms with van der Waals surface area (Å²) in [5, 5.41) is 12.5. The Morgan fingerprint density at radius 1 is 1.00 bits per heavy atom. The Morgan fingerprint density at radius 2 is 1.78 bits per heavy atom. The number of hydrogen-bond acceptors (Lipinski definition) is 6. The predicted molar refractivity (Wildman–Crippen MR) is 125 cm³/mol. The van der Waals surface area contributed by atoms with E-state index in [1.807, 2.05) is 48.5 Å². The number of nitrogens with one attached hydrogen (secondary N) is 1. The normalized spacial score (nSPS) is 11.2. The zero-order valence-electron chi connectivity index (χ0n) is 16.5. The van der Waals surface area contributed by atoms with Crippen LogP contribution >= 0.6 is 23.4 Å². The fraction of sp³-hybridized carbons (Fsp3) is 0.0455. The van der Waals surface area contributed by atoms with Crippen LogP contribution in [0.25, 0.3) is 22.4 Å². The molecular formula is C22H15ClN6O2S. The smallest absolute Gasteiger partial charge is 0.267 e. The van der Waals surface area contributed by atoms with E-state index in [2.05, 4.69) is 20.5 Å². The lowest BCUT2D eigenvalue weighted by atomic mass is 10.2. The molecule has 0 aliphatic heterocycles. The lowest BCUT2D eigenvalue weighted by Crippen LogP contribution is -2.21. The standard InChI is InChI=1S/C22H15ClN6O2S/c23-19-16(10-6-12-24-19)25-18(30)13-32-22-27-26-21-28(14-7-2-1-3-8-14)20(31)15-9-4-5-11-17(15)29(21)22/h1-12H,13H2,(H,25,30). The van der Waals surface area contributed by atoms with Crippen molar-refractivity contribution in [3.05, 3.63) is 88.4 Å². The summed E-state index contributed by atoms with van der Waals surface area (Å²) in [7, 11) is 0. The highest BCUT2D eigenvalue weighted by atomic mass is 35.5. The van der Waals surface area contributed by atoms with E-state index in [1.54, 1.807) is 28.8 Å². The minimum Gasteiger partial charge on any atom is -0.323 e. The van der Waals surface area contributed by atoms with Crippen LogP contribution in [-0.2, 0) is 4.79 Å². The van der Waals surface area contributed by atoms with Gasteiger partial charge in [0.25, 0.3) is 5.56 Å². The molecule has 5 rings (SSSR count). The molecule has 0 saturated carbocycles. The molecule has 158 valence electrons. The van der Waals surface area contributed by atoms with Gasteiger partial charge in [-0.25, -0.2) is 9.55 Å². The third-order valence-corrected chi connectivity index (χ3v) is 6.00. The maximum atomic E-state index is 13.2. The molecule has 0 saturated heterocycles. The first-order valence-electron chi connectivity index (χ1n) is 9.61. The van der Waals surface area contributed by atoms with Crippen LogP contribution in [0.5, 0.6) is 0 Å². The molecule has 0 fully saturated rings. The molecule has 8 nitrogen and oxygen atoms in total. The number of pyridine rings is 1. The third kappa shape index (κ3) is 3.61. The van der Waals surface area contributed by atoms with Crippen LogP contribution in [0.4, 0.5) is 5.69 Å². The first kappa shape index (κ1) is 20.2. The van der Waals surface area contributed by atoms with Crippen LogP contribution in [0.15, 0.2) is 82.9 Å². The van der Waals surface area contributed by atoms with Crippen LogP contribution in [0.3, 0.4) is 0 Å². The second-order valence-corrected chi connectivity index (χ2v) is 8.09. The number of anilines is 1. The maximum absolute atomic E-state index is 13.2. The van der Waals surface area contributed by atoms with Gasteiger partial charge in [0.05, 0.1) is 28.0 Å². The van der Waals surface area contributed by atoms with Gasteiger partial charge >= 0.3 is 0 Å². The Kier molecular flexibility index (Phi) is 5.34. The first-order chi connectivity index (χ1) is 15.6. The summed E-state index contributed by atoms with van der Waals surface area (Å²) < 4.78 is 3.31. The number of carbonyl (C=O) groups excluding carboxylic acids is 1. The lowest BCUT2D eigenvalue weighted by Gasteiger charge is -2.11. The fourth-order valence-corrected chi connectivity index (χ4v) is 4.28. The number of aromatic nitrogens is 5. The molecule has 1 N–H and O–H groups in total. The predicted octanol–water partition coefficient (Wildman–Crippen LogP) is 3.81. The minimum absolute atomic E-state index is 0.0742. The highest BCUT2D eigenvalue weighted by Gasteiger charge is 2.18. The highest BCUT2D eigenvalue weighted by molar-refractivity contribution is 7.99. The molecule has 3 aromatic heterocycles. The Labute approximate surface area is 190 Å². The van der Waals surface area contributed by atoms with Gasteiger partial charge in [-0.05, 0) is 36.4 Å². The number of benzene rings is 2. The number of fused-ring (bicyclic) bond motifs is 3. The van der Waals surface area contributed by atoms with Crippen molar-refractivity contribution in [2.75, 3.05) is 11.1 Å².